The Morgan fingerprint density at radius 1 is 1.11 bits per heavy atom. The normalized spacial score (nSPS) is 13.3. The summed E-state index contributed by atoms with van der Waals surface area (Å²) in [6.45, 7) is 0.155. The van der Waals surface area contributed by atoms with Gasteiger partial charge in [0.15, 0.2) is 0 Å². The van der Waals surface area contributed by atoms with Crippen LogP contribution in [-0.2, 0) is 13.6 Å². The molecule has 2 heterocycles. The van der Waals surface area contributed by atoms with Crippen LogP contribution in [0.2, 0.25) is 0 Å². The molecule has 5 rings (SSSR count). The first-order valence-corrected chi connectivity index (χ1v) is 11.8. The van der Waals surface area contributed by atoms with Crippen LogP contribution in [0.3, 0.4) is 0 Å². The summed E-state index contributed by atoms with van der Waals surface area (Å²) in [5.41, 5.74) is 3.20. The fraction of sp³-hybridized carbons (Fsp3) is 0.222. The molecule has 1 saturated carbocycles. The van der Waals surface area contributed by atoms with Gasteiger partial charge in [-0.05, 0) is 66.9 Å². The number of amides is 2. The van der Waals surface area contributed by atoms with Crippen molar-refractivity contribution < 1.29 is 19.1 Å². The van der Waals surface area contributed by atoms with Crippen molar-refractivity contribution in [3.63, 3.8) is 0 Å². The maximum Gasteiger partial charge on any atom is 0.342 e. The van der Waals surface area contributed by atoms with E-state index in [1.807, 2.05) is 6.07 Å². The number of aryl methyl sites for hydroxylation is 1. The van der Waals surface area contributed by atoms with E-state index in [0.29, 0.717) is 28.2 Å². The summed E-state index contributed by atoms with van der Waals surface area (Å²) in [6, 6.07) is 15.7. The fourth-order valence-electron chi connectivity index (χ4n) is 4.30. The predicted molar refractivity (Wildman–Crippen MR) is 133 cm³/mol. The Morgan fingerprint density at radius 2 is 1.94 bits per heavy atom. The van der Waals surface area contributed by atoms with Crippen LogP contribution in [0, 0.1) is 5.82 Å². The number of hydrogen-bond acceptors (Lipinski definition) is 4. The number of hydrogen-bond donors (Lipinski definition) is 3. The Kier molecular flexibility index (Phi) is 6.28. The van der Waals surface area contributed by atoms with Gasteiger partial charge >= 0.3 is 6.03 Å². The maximum atomic E-state index is 13.5. The van der Waals surface area contributed by atoms with Gasteiger partial charge in [-0.2, -0.15) is 9.78 Å². The molecule has 2 amide bonds. The number of phenols is 1. The SMILES string of the molecule is Cn1cccc1C(=O)Nc1ccc(O)c(-c2cc(C3CCC3)n(C(=O)NCc3cccc(F)c3)n2)c1. The summed E-state index contributed by atoms with van der Waals surface area (Å²) in [6.07, 6.45) is 4.75. The highest BCUT2D eigenvalue weighted by Gasteiger charge is 2.27. The van der Waals surface area contributed by atoms with E-state index < -0.39 is 6.03 Å². The lowest BCUT2D eigenvalue weighted by molar-refractivity contribution is 0.101. The van der Waals surface area contributed by atoms with Gasteiger partial charge in [0, 0.05) is 37.0 Å². The molecular formula is C27H26FN5O3. The molecule has 1 aliphatic carbocycles. The molecule has 0 aliphatic heterocycles. The standard InChI is InChI=1S/C27H26FN5O3/c1-32-12-4-9-23(32)26(35)30-20-10-11-25(34)21(14-20)22-15-24(18-6-3-7-18)33(31-22)27(36)29-16-17-5-2-8-19(28)13-17/h2,4-5,8-15,18,34H,3,6-7,16H2,1H3,(H,29,36)(H,30,35). The number of carbonyl (C=O) groups excluding carboxylic acids is 2. The maximum absolute atomic E-state index is 13.5. The van der Waals surface area contributed by atoms with E-state index in [0.717, 1.165) is 25.0 Å². The lowest BCUT2D eigenvalue weighted by Gasteiger charge is -2.25. The van der Waals surface area contributed by atoms with E-state index >= 15 is 0 Å². The molecule has 0 atom stereocenters. The third-order valence-corrected chi connectivity index (χ3v) is 6.49. The Balaban J connectivity index is 1.41. The fourth-order valence-corrected chi connectivity index (χ4v) is 4.30. The minimum Gasteiger partial charge on any atom is -0.507 e. The summed E-state index contributed by atoms with van der Waals surface area (Å²) in [5.74, 6) is -0.477. The average Bonchev–Trinajstić information content (AvgIpc) is 3.44. The zero-order valence-corrected chi connectivity index (χ0v) is 19.7. The number of rotatable bonds is 6. The zero-order valence-electron chi connectivity index (χ0n) is 19.7. The Labute approximate surface area is 207 Å². The van der Waals surface area contributed by atoms with E-state index in [1.54, 1.807) is 54.2 Å². The van der Waals surface area contributed by atoms with Crippen LogP contribution in [-0.4, -0.2) is 31.4 Å². The molecule has 0 spiro atoms. The molecule has 0 unspecified atom stereocenters. The molecule has 2 aromatic carbocycles. The van der Waals surface area contributed by atoms with Crippen molar-refractivity contribution >= 4 is 17.6 Å². The summed E-state index contributed by atoms with van der Waals surface area (Å²) in [5, 5.41) is 20.7. The zero-order chi connectivity index (χ0) is 25.2. The summed E-state index contributed by atoms with van der Waals surface area (Å²) in [4.78, 5) is 25.7. The van der Waals surface area contributed by atoms with Crippen LogP contribution in [0.15, 0.2) is 66.9 Å². The van der Waals surface area contributed by atoms with Crippen LogP contribution >= 0.6 is 0 Å². The van der Waals surface area contributed by atoms with Gasteiger partial charge in [-0.3, -0.25) is 4.79 Å². The Bertz CT molecular complexity index is 1440. The average molecular weight is 488 g/mol. The van der Waals surface area contributed by atoms with Crippen molar-refractivity contribution in [2.75, 3.05) is 5.32 Å². The van der Waals surface area contributed by atoms with Gasteiger partial charge in [-0.15, -0.1) is 0 Å². The first kappa shape index (κ1) is 23.3. The van der Waals surface area contributed by atoms with E-state index in [2.05, 4.69) is 15.7 Å². The molecule has 9 heteroatoms. The van der Waals surface area contributed by atoms with Gasteiger partial charge in [0.25, 0.3) is 5.91 Å². The Morgan fingerprint density at radius 3 is 2.64 bits per heavy atom. The van der Waals surface area contributed by atoms with Crippen LogP contribution in [0.4, 0.5) is 14.9 Å². The van der Waals surface area contributed by atoms with Crippen LogP contribution in [0.5, 0.6) is 5.75 Å². The van der Waals surface area contributed by atoms with E-state index in [1.165, 1.54) is 22.9 Å². The topological polar surface area (TPSA) is 101 Å². The molecule has 184 valence electrons. The predicted octanol–water partition coefficient (Wildman–Crippen LogP) is 5.01. The van der Waals surface area contributed by atoms with Gasteiger partial charge in [0.05, 0.1) is 11.4 Å². The largest absolute Gasteiger partial charge is 0.507 e. The van der Waals surface area contributed by atoms with Crippen molar-refractivity contribution in [3.8, 4) is 17.0 Å². The summed E-state index contributed by atoms with van der Waals surface area (Å²) < 4.78 is 16.5. The molecule has 36 heavy (non-hydrogen) atoms. The van der Waals surface area contributed by atoms with E-state index in [-0.39, 0.29) is 29.9 Å². The highest BCUT2D eigenvalue weighted by Crippen LogP contribution is 2.39. The highest BCUT2D eigenvalue weighted by molar-refractivity contribution is 6.03. The second kappa shape index (κ2) is 9.69. The molecule has 0 radical (unpaired) electrons. The van der Waals surface area contributed by atoms with Gasteiger partial charge in [0.2, 0.25) is 0 Å². The molecule has 0 bridgehead atoms. The van der Waals surface area contributed by atoms with Crippen LogP contribution in [0.1, 0.15) is 46.9 Å². The van der Waals surface area contributed by atoms with Gasteiger partial charge in [-0.25, -0.2) is 9.18 Å². The third-order valence-electron chi connectivity index (χ3n) is 6.49. The molecule has 4 aromatic rings. The van der Waals surface area contributed by atoms with Gasteiger partial charge in [-0.1, -0.05) is 18.6 Å². The van der Waals surface area contributed by atoms with Crippen molar-refractivity contribution in [1.29, 1.82) is 0 Å². The number of nitrogens with zero attached hydrogens (tertiary/aromatic N) is 3. The lowest BCUT2D eigenvalue weighted by atomic mass is 9.82. The number of anilines is 1. The molecular weight excluding hydrogens is 461 g/mol. The third kappa shape index (κ3) is 4.72. The van der Waals surface area contributed by atoms with E-state index in [9.17, 15) is 19.1 Å². The number of halogens is 1. The molecule has 8 nitrogen and oxygen atoms in total. The minimum absolute atomic E-state index is 0.0168. The second-order valence-corrected chi connectivity index (χ2v) is 8.97. The minimum atomic E-state index is -0.430. The highest BCUT2D eigenvalue weighted by atomic mass is 19.1. The number of nitrogens with one attached hydrogen (secondary N) is 2. The number of benzene rings is 2. The van der Waals surface area contributed by atoms with Crippen molar-refractivity contribution in [2.24, 2.45) is 7.05 Å². The quantitative estimate of drug-likeness (QED) is 0.333. The van der Waals surface area contributed by atoms with E-state index in [4.69, 9.17) is 0 Å². The Hall–Kier alpha value is -4.40. The first-order chi connectivity index (χ1) is 17.4. The smallest absolute Gasteiger partial charge is 0.342 e. The summed E-state index contributed by atoms with van der Waals surface area (Å²) in [7, 11) is 1.78. The molecule has 0 saturated heterocycles. The molecule has 1 aliphatic rings. The van der Waals surface area contributed by atoms with Crippen molar-refractivity contribution in [2.45, 2.75) is 31.7 Å². The molecule has 3 N–H and O–H groups in total. The molecule has 2 aromatic heterocycles. The van der Waals surface area contributed by atoms with Crippen molar-refractivity contribution in [3.05, 3.63) is 89.6 Å². The van der Waals surface area contributed by atoms with Gasteiger partial charge in [0.1, 0.15) is 17.3 Å². The second-order valence-electron chi connectivity index (χ2n) is 8.97. The number of phenolic OH excluding ortho intramolecular Hbond substituents is 1. The van der Waals surface area contributed by atoms with Crippen LogP contribution < -0.4 is 10.6 Å². The first-order valence-electron chi connectivity index (χ1n) is 11.8. The summed E-state index contributed by atoms with van der Waals surface area (Å²) >= 11 is 0. The number of carbonyl (C=O) groups is 2. The number of aromatic nitrogens is 3. The lowest BCUT2D eigenvalue weighted by Crippen LogP contribution is -2.31. The van der Waals surface area contributed by atoms with Crippen molar-refractivity contribution in [1.82, 2.24) is 19.7 Å². The van der Waals surface area contributed by atoms with Crippen LogP contribution in [0.25, 0.3) is 11.3 Å². The number of aromatic hydroxyl groups is 1. The molecule has 1 fully saturated rings. The monoisotopic (exact) mass is 487 g/mol. The van der Waals surface area contributed by atoms with Gasteiger partial charge < -0.3 is 20.3 Å².